The van der Waals surface area contributed by atoms with Crippen LogP contribution in [0.2, 0.25) is 0 Å². The van der Waals surface area contributed by atoms with E-state index < -0.39 is 17.8 Å². The third-order valence-electron chi connectivity index (χ3n) is 3.99. The zero-order chi connectivity index (χ0) is 19.6. The summed E-state index contributed by atoms with van der Waals surface area (Å²) < 4.78 is 5.31. The average molecular weight is 366 g/mol. The molecule has 0 unspecified atom stereocenters. The van der Waals surface area contributed by atoms with Gasteiger partial charge in [-0.3, -0.25) is 14.9 Å². The molecular weight excluding hydrogens is 348 g/mol. The summed E-state index contributed by atoms with van der Waals surface area (Å²) >= 11 is 0. The fraction of sp³-hybridized carbons (Fsp3) is 0.150. The van der Waals surface area contributed by atoms with Crippen LogP contribution >= 0.6 is 0 Å². The molecule has 0 bridgehead atoms. The summed E-state index contributed by atoms with van der Waals surface area (Å²) in [7, 11) is 0. The van der Waals surface area contributed by atoms with Crippen LogP contribution in [0, 0.1) is 6.92 Å². The second kappa shape index (κ2) is 7.33. The highest BCUT2D eigenvalue weighted by Gasteiger charge is 2.36. The number of amides is 4. The summed E-state index contributed by atoms with van der Waals surface area (Å²) in [4.78, 5) is 38.1. The van der Waals surface area contributed by atoms with Crippen molar-refractivity contribution in [1.29, 1.82) is 0 Å². The predicted octanol–water partition coefficient (Wildman–Crippen LogP) is 2.77. The Morgan fingerprint density at radius 2 is 1.81 bits per heavy atom. The molecule has 7 heteroatoms. The molecule has 1 aliphatic rings. The number of barbiturate groups is 1. The zero-order valence-electron chi connectivity index (χ0n) is 14.9. The van der Waals surface area contributed by atoms with E-state index in [0.717, 1.165) is 10.5 Å². The number of phenols is 1. The first-order valence-corrected chi connectivity index (χ1v) is 8.34. The summed E-state index contributed by atoms with van der Waals surface area (Å²) in [6.07, 6.45) is 1.35. The van der Waals surface area contributed by atoms with Crippen LogP contribution < -0.4 is 15.0 Å². The number of rotatable bonds is 4. The van der Waals surface area contributed by atoms with Gasteiger partial charge in [0.15, 0.2) is 11.5 Å². The minimum atomic E-state index is -0.799. The molecular formula is C20H18N2O5. The number of anilines is 1. The van der Waals surface area contributed by atoms with Gasteiger partial charge in [-0.2, -0.15) is 0 Å². The van der Waals surface area contributed by atoms with Gasteiger partial charge >= 0.3 is 6.03 Å². The molecule has 1 saturated heterocycles. The number of phenolic OH excluding ortho intramolecular Hbond substituents is 1. The summed E-state index contributed by atoms with van der Waals surface area (Å²) in [5, 5.41) is 12.0. The Labute approximate surface area is 155 Å². The van der Waals surface area contributed by atoms with Crippen molar-refractivity contribution in [2.45, 2.75) is 13.8 Å². The van der Waals surface area contributed by atoms with Crippen molar-refractivity contribution in [2.24, 2.45) is 0 Å². The summed E-state index contributed by atoms with van der Waals surface area (Å²) in [6, 6.07) is 10.5. The van der Waals surface area contributed by atoms with Gasteiger partial charge in [0.2, 0.25) is 0 Å². The largest absolute Gasteiger partial charge is 0.504 e. The van der Waals surface area contributed by atoms with Crippen molar-refractivity contribution in [3.05, 3.63) is 59.2 Å². The maximum absolute atomic E-state index is 12.8. The number of imide groups is 2. The van der Waals surface area contributed by atoms with Gasteiger partial charge in [0.25, 0.3) is 11.8 Å². The van der Waals surface area contributed by atoms with Crippen molar-refractivity contribution in [3.63, 3.8) is 0 Å². The van der Waals surface area contributed by atoms with E-state index in [1.807, 2.05) is 6.92 Å². The first-order valence-electron chi connectivity index (χ1n) is 8.34. The fourth-order valence-corrected chi connectivity index (χ4v) is 2.64. The second-order valence-corrected chi connectivity index (χ2v) is 5.95. The van der Waals surface area contributed by atoms with E-state index in [1.165, 1.54) is 24.3 Å². The van der Waals surface area contributed by atoms with Crippen molar-refractivity contribution in [1.82, 2.24) is 5.32 Å². The lowest BCUT2D eigenvalue weighted by atomic mass is 10.1. The Morgan fingerprint density at radius 1 is 1.11 bits per heavy atom. The summed E-state index contributed by atoms with van der Waals surface area (Å²) in [5.74, 6) is -1.31. The Balaban J connectivity index is 1.99. The van der Waals surface area contributed by atoms with Crippen molar-refractivity contribution in [3.8, 4) is 11.5 Å². The molecule has 1 aliphatic heterocycles. The number of hydrogen-bond donors (Lipinski definition) is 2. The molecule has 27 heavy (non-hydrogen) atoms. The molecule has 138 valence electrons. The molecule has 2 aromatic rings. The highest BCUT2D eigenvalue weighted by Crippen LogP contribution is 2.29. The predicted molar refractivity (Wildman–Crippen MR) is 99.5 cm³/mol. The molecule has 7 nitrogen and oxygen atoms in total. The highest BCUT2D eigenvalue weighted by molar-refractivity contribution is 6.39. The van der Waals surface area contributed by atoms with E-state index in [0.29, 0.717) is 17.9 Å². The quantitative estimate of drug-likeness (QED) is 0.641. The van der Waals surface area contributed by atoms with Gasteiger partial charge in [0, 0.05) is 0 Å². The number of carbonyl (C=O) groups excluding carboxylic acids is 3. The molecule has 1 fully saturated rings. The zero-order valence-corrected chi connectivity index (χ0v) is 14.9. The molecule has 2 N–H and O–H groups in total. The molecule has 2 aromatic carbocycles. The maximum Gasteiger partial charge on any atom is 0.335 e. The van der Waals surface area contributed by atoms with Crippen LogP contribution in [0.1, 0.15) is 18.1 Å². The van der Waals surface area contributed by atoms with Crippen molar-refractivity contribution < 1.29 is 24.2 Å². The molecule has 3 rings (SSSR count). The van der Waals surface area contributed by atoms with Gasteiger partial charge in [-0.1, -0.05) is 23.8 Å². The van der Waals surface area contributed by atoms with Gasteiger partial charge in [0.1, 0.15) is 5.57 Å². The third kappa shape index (κ3) is 3.67. The van der Waals surface area contributed by atoms with Gasteiger partial charge in [-0.25, -0.2) is 9.69 Å². The van der Waals surface area contributed by atoms with Gasteiger partial charge < -0.3 is 9.84 Å². The lowest BCUT2D eigenvalue weighted by Crippen LogP contribution is -2.54. The number of nitrogens with one attached hydrogen (secondary N) is 1. The average Bonchev–Trinajstić information content (AvgIpc) is 2.63. The van der Waals surface area contributed by atoms with E-state index in [2.05, 4.69) is 5.32 Å². The Hall–Kier alpha value is -3.61. The van der Waals surface area contributed by atoms with E-state index in [1.54, 1.807) is 31.2 Å². The number of aryl methyl sites for hydroxylation is 1. The van der Waals surface area contributed by atoms with Crippen LogP contribution in [0.15, 0.2) is 48.0 Å². The van der Waals surface area contributed by atoms with Crippen molar-refractivity contribution in [2.75, 3.05) is 11.5 Å². The first kappa shape index (κ1) is 18.2. The van der Waals surface area contributed by atoms with Crippen LogP contribution in [-0.2, 0) is 9.59 Å². The van der Waals surface area contributed by atoms with Crippen LogP contribution in [0.4, 0.5) is 10.5 Å². The molecule has 4 amide bonds. The van der Waals surface area contributed by atoms with Crippen LogP contribution in [0.3, 0.4) is 0 Å². The number of ether oxygens (including phenoxy) is 1. The smallest absolute Gasteiger partial charge is 0.335 e. The normalized spacial score (nSPS) is 15.9. The van der Waals surface area contributed by atoms with Gasteiger partial charge in [-0.15, -0.1) is 0 Å². The topological polar surface area (TPSA) is 95.9 Å². The second-order valence-electron chi connectivity index (χ2n) is 5.95. The lowest BCUT2D eigenvalue weighted by Gasteiger charge is -2.26. The van der Waals surface area contributed by atoms with E-state index in [4.69, 9.17) is 4.74 Å². The van der Waals surface area contributed by atoms with E-state index in [-0.39, 0.29) is 17.1 Å². The number of nitrogens with zero attached hydrogens (tertiary/aromatic N) is 1. The fourth-order valence-electron chi connectivity index (χ4n) is 2.64. The number of hydrogen-bond acceptors (Lipinski definition) is 5. The summed E-state index contributed by atoms with van der Waals surface area (Å²) in [5.41, 5.74) is 1.63. The molecule has 0 spiro atoms. The Morgan fingerprint density at radius 3 is 2.48 bits per heavy atom. The molecule has 0 radical (unpaired) electrons. The molecule has 0 aliphatic carbocycles. The Bertz CT molecular complexity index is 947. The van der Waals surface area contributed by atoms with E-state index >= 15 is 0 Å². The monoisotopic (exact) mass is 366 g/mol. The van der Waals surface area contributed by atoms with Crippen molar-refractivity contribution >= 4 is 29.6 Å². The first-order chi connectivity index (χ1) is 12.9. The Kier molecular flexibility index (Phi) is 4.94. The standard InChI is InChI=1S/C20H18N2O5/c1-3-27-17-11-13(6-9-16(17)23)10-15-18(24)21-20(26)22(19(15)25)14-7-4-12(2)5-8-14/h4-11,23H,3H2,1-2H3,(H,21,24,26). The number of benzene rings is 2. The SMILES string of the molecule is CCOc1cc(C=C2C(=O)NC(=O)N(c3ccc(C)cc3)C2=O)ccc1O. The molecule has 0 atom stereocenters. The number of urea groups is 1. The molecule has 1 heterocycles. The number of carbonyl (C=O) groups is 3. The minimum Gasteiger partial charge on any atom is -0.504 e. The van der Waals surface area contributed by atoms with Crippen LogP contribution in [0.5, 0.6) is 11.5 Å². The van der Waals surface area contributed by atoms with Gasteiger partial charge in [0.05, 0.1) is 12.3 Å². The van der Waals surface area contributed by atoms with Crippen LogP contribution in [-0.4, -0.2) is 29.6 Å². The van der Waals surface area contributed by atoms with Gasteiger partial charge in [-0.05, 0) is 49.8 Å². The molecule has 0 aromatic heterocycles. The lowest BCUT2D eigenvalue weighted by molar-refractivity contribution is -0.122. The molecule has 0 saturated carbocycles. The maximum atomic E-state index is 12.8. The van der Waals surface area contributed by atoms with E-state index in [9.17, 15) is 19.5 Å². The summed E-state index contributed by atoms with van der Waals surface area (Å²) in [6.45, 7) is 4.01. The minimum absolute atomic E-state index is 0.0464. The van der Waals surface area contributed by atoms with Crippen LogP contribution in [0.25, 0.3) is 6.08 Å². The highest BCUT2D eigenvalue weighted by atomic mass is 16.5. The number of aromatic hydroxyl groups is 1. The third-order valence-corrected chi connectivity index (χ3v) is 3.99.